The molecule has 0 heterocycles. The van der Waals surface area contributed by atoms with Crippen molar-refractivity contribution in [2.75, 3.05) is 20.3 Å². The van der Waals surface area contributed by atoms with Crippen molar-refractivity contribution >= 4 is 5.97 Å². The Labute approximate surface area is 132 Å². The van der Waals surface area contributed by atoms with Crippen molar-refractivity contribution in [3.05, 3.63) is 23.8 Å². The third-order valence-electron chi connectivity index (χ3n) is 3.57. The molecule has 0 amide bonds. The van der Waals surface area contributed by atoms with Crippen molar-refractivity contribution in [2.24, 2.45) is 5.73 Å². The normalized spacial score (nSPS) is 13.3. The number of esters is 1. The van der Waals surface area contributed by atoms with Crippen LogP contribution in [0.15, 0.2) is 18.2 Å². The standard InChI is InChI=1S/C17H27NO4/c1-5-12(10-15(18)17(19)20-4)14-11-13(21-6-2)8-9-16(14)22-7-3/h8-9,11-12,15H,5-7,10,18H2,1-4H3. The average Bonchev–Trinajstić information content (AvgIpc) is 2.53. The summed E-state index contributed by atoms with van der Waals surface area (Å²) in [5.41, 5.74) is 6.94. The summed E-state index contributed by atoms with van der Waals surface area (Å²) < 4.78 is 16.0. The number of nitrogens with two attached hydrogens (primary N) is 1. The van der Waals surface area contributed by atoms with Crippen LogP contribution >= 0.6 is 0 Å². The molecule has 0 aromatic heterocycles. The van der Waals surface area contributed by atoms with Crippen LogP contribution in [0.25, 0.3) is 0 Å². The van der Waals surface area contributed by atoms with Crippen LogP contribution in [0.3, 0.4) is 0 Å². The van der Waals surface area contributed by atoms with Crippen molar-refractivity contribution in [1.29, 1.82) is 0 Å². The molecule has 124 valence electrons. The van der Waals surface area contributed by atoms with E-state index in [1.165, 1.54) is 7.11 Å². The number of rotatable bonds is 9. The zero-order chi connectivity index (χ0) is 16.5. The predicted molar refractivity (Wildman–Crippen MR) is 86.4 cm³/mol. The van der Waals surface area contributed by atoms with E-state index in [9.17, 15) is 4.79 Å². The van der Waals surface area contributed by atoms with E-state index in [4.69, 9.17) is 19.9 Å². The maximum absolute atomic E-state index is 11.6. The SMILES string of the molecule is CCOc1ccc(OCC)c(C(CC)CC(N)C(=O)OC)c1. The Bertz CT molecular complexity index is 476. The monoisotopic (exact) mass is 309 g/mol. The molecule has 0 bridgehead atoms. The number of benzene rings is 1. The number of carbonyl (C=O) groups excluding carboxylic acids is 1. The highest BCUT2D eigenvalue weighted by Crippen LogP contribution is 2.35. The number of carbonyl (C=O) groups is 1. The Hall–Kier alpha value is -1.75. The van der Waals surface area contributed by atoms with Crippen LogP contribution < -0.4 is 15.2 Å². The summed E-state index contributed by atoms with van der Waals surface area (Å²) in [6, 6.07) is 5.15. The van der Waals surface area contributed by atoms with Crippen LogP contribution in [0.1, 0.15) is 45.1 Å². The van der Waals surface area contributed by atoms with Gasteiger partial charge < -0.3 is 19.9 Å². The summed E-state index contributed by atoms with van der Waals surface area (Å²) in [4.78, 5) is 11.6. The Balaban J connectivity index is 3.05. The molecule has 1 rings (SSSR count). The van der Waals surface area contributed by atoms with Crippen LogP contribution in [0.2, 0.25) is 0 Å². The first-order valence-electron chi connectivity index (χ1n) is 7.80. The third-order valence-corrected chi connectivity index (χ3v) is 3.57. The molecule has 2 unspecified atom stereocenters. The van der Waals surface area contributed by atoms with Crippen LogP contribution in [0.4, 0.5) is 0 Å². The molecule has 0 aliphatic carbocycles. The maximum Gasteiger partial charge on any atom is 0.322 e. The molecule has 2 N–H and O–H groups in total. The van der Waals surface area contributed by atoms with Gasteiger partial charge in [-0.3, -0.25) is 4.79 Å². The smallest absolute Gasteiger partial charge is 0.322 e. The van der Waals surface area contributed by atoms with Gasteiger partial charge in [0.2, 0.25) is 0 Å². The second kappa shape index (κ2) is 9.30. The van der Waals surface area contributed by atoms with Gasteiger partial charge in [0.05, 0.1) is 20.3 Å². The summed E-state index contributed by atoms with van der Waals surface area (Å²) in [5.74, 6) is 1.33. The highest BCUT2D eigenvalue weighted by Gasteiger charge is 2.23. The summed E-state index contributed by atoms with van der Waals surface area (Å²) >= 11 is 0. The second-order valence-corrected chi connectivity index (χ2v) is 5.04. The van der Waals surface area contributed by atoms with E-state index in [2.05, 4.69) is 6.92 Å². The molecule has 0 radical (unpaired) electrons. The lowest BCUT2D eigenvalue weighted by Crippen LogP contribution is -2.33. The van der Waals surface area contributed by atoms with Crippen LogP contribution in [-0.2, 0) is 9.53 Å². The summed E-state index contributed by atoms with van der Waals surface area (Å²) in [6.07, 6.45) is 1.36. The zero-order valence-corrected chi connectivity index (χ0v) is 13.9. The van der Waals surface area contributed by atoms with Gasteiger partial charge in [0.15, 0.2) is 0 Å². The zero-order valence-electron chi connectivity index (χ0n) is 13.9. The minimum atomic E-state index is -0.639. The summed E-state index contributed by atoms with van der Waals surface area (Å²) in [7, 11) is 1.35. The number of ether oxygens (including phenoxy) is 3. The van der Waals surface area contributed by atoms with Gasteiger partial charge in [-0.1, -0.05) is 6.92 Å². The van der Waals surface area contributed by atoms with Crippen LogP contribution in [-0.4, -0.2) is 32.3 Å². The fraction of sp³-hybridized carbons (Fsp3) is 0.588. The molecule has 0 saturated heterocycles. The van der Waals surface area contributed by atoms with Gasteiger partial charge in [0.1, 0.15) is 17.5 Å². The maximum atomic E-state index is 11.6. The Morgan fingerprint density at radius 3 is 2.41 bits per heavy atom. The van der Waals surface area contributed by atoms with Gasteiger partial charge in [0, 0.05) is 5.56 Å². The summed E-state index contributed by atoms with van der Waals surface area (Å²) in [6.45, 7) is 7.14. The Morgan fingerprint density at radius 2 is 1.86 bits per heavy atom. The fourth-order valence-corrected chi connectivity index (χ4v) is 2.46. The Kier molecular flexibility index (Phi) is 7.74. The molecule has 5 heteroatoms. The predicted octanol–water partition coefficient (Wildman–Crippen LogP) is 2.87. The van der Waals surface area contributed by atoms with Crippen molar-refractivity contribution in [3.63, 3.8) is 0 Å². The van der Waals surface area contributed by atoms with Crippen LogP contribution in [0.5, 0.6) is 11.5 Å². The van der Waals surface area contributed by atoms with Crippen LogP contribution in [0, 0.1) is 0 Å². The van der Waals surface area contributed by atoms with Crippen molar-refractivity contribution in [1.82, 2.24) is 0 Å². The molecular weight excluding hydrogens is 282 g/mol. The minimum absolute atomic E-state index is 0.107. The number of methoxy groups -OCH3 is 1. The largest absolute Gasteiger partial charge is 0.494 e. The van der Waals surface area contributed by atoms with Gasteiger partial charge >= 0.3 is 5.97 Å². The lowest BCUT2D eigenvalue weighted by molar-refractivity contribution is -0.142. The molecule has 0 aliphatic heterocycles. The first-order valence-corrected chi connectivity index (χ1v) is 7.80. The topological polar surface area (TPSA) is 70.8 Å². The molecule has 0 spiro atoms. The molecule has 2 atom stereocenters. The molecule has 1 aromatic carbocycles. The van der Waals surface area contributed by atoms with E-state index in [1.807, 2.05) is 32.0 Å². The fourth-order valence-electron chi connectivity index (χ4n) is 2.46. The van der Waals surface area contributed by atoms with Gasteiger partial charge in [0.25, 0.3) is 0 Å². The molecule has 0 saturated carbocycles. The van der Waals surface area contributed by atoms with Gasteiger partial charge in [-0.05, 0) is 50.8 Å². The first-order chi connectivity index (χ1) is 10.6. The van der Waals surface area contributed by atoms with E-state index < -0.39 is 12.0 Å². The Morgan fingerprint density at radius 1 is 1.18 bits per heavy atom. The van der Waals surface area contributed by atoms with E-state index in [0.717, 1.165) is 23.5 Å². The lowest BCUT2D eigenvalue weighted by Gasteiger charge is -2.22. The van der Waals surface area contributed by atoms with E-state index >= 15 is 0 Å². The highest BCUT2D eigenvalue weighted by atomic mass is 16.5. The van der Waals surface area contributed by atoms with Crippen molar-refractivity contribution < 1.29 is 19.0 Å². The van der Waals surface area contributed by atoms with Crippen molar-refractivity contribution in [2.45, 2.75) is 45.6 Å². The molecule has 0 fully saturated rings. The van der Waals surface area contributed by atoms with E-state index in [0.29, 0.717) is 19.6 Å². The number of hydrogen-bond acceptors (Lipinski definition) is 5. The quantitative estimate of drug-likeness (QED) is 0.710. The molecule has 0 aliphatic rings. The third kappa shape index (κ3) is 4.91. The van der Waals surface area contributed by atoms with E-state index in [1.54, 1.807) is 0 Å². The summed E-state index contributed by atoms with van der Waals surface area (Å²) in [5, 5.41) is 0. The van der Waals surface area contributed by atoms with E-state index in [-0.39, 0.29) is 5.92 Å². The van der Waals surface area contributed by atoms with Gasteiger partial charge in [-0.15, -0.1) is 0 Å². The molecule has 1 aromatic rings. The number of hydrogen-bond donors (Lipinski definition) is 1. The molecule has 22 heavy (non-hydrogen) atoms. The molecular formula is C17H27NO4. The minimum Gasteiger partial charge on any atom is -0.494 e. The first kappa shape index (κ1) is 18.3. The average molecular weight is 309 g/mol. The second-order valence-electron chi connectivity index (χ2n) is 5.04. The highest BCUT2D eigenvalue weighted by molar-refractivity contribution is 5.75. The van der Waals surface area contributed by atoms with Crippen molar-refractivity contribution in [3.8, 4) is 11.5 Å². The molecule has 5 nitrogen and oxygen atoms in total. The van der Waals surface area contributed by atoms with Gasteiger partial charge in [-0.25, -0.2) is 0 Å². The van der Waals surface area contributed by atoms with Gasteiger partial charge in [-0.2, -0.15) is 0 Å². The lowest BCUT2D eigenvalue weighted by atomic mass is 9.89.